The molecule has 16 heavy (non-hydrogen) atoms. The predicted octanol–water partition coefficient (Wildman–Crippen LogP) is 3.38. The van der Waals surface area contributed by atoms with Crippen LogP contribution >= 0.6 is 33.1 Å². The van der Waals surface area contributed by atoms with Gasteiger partial charge in [-0.3, -0.25) is 4.79 Å². The van der Waals surface area contributed by atoms with Crippen LogP contribution in [-0.2, 0) is 6.42 Å². The highest BCUT2D eigenvalue weighted by atomic mass is 32.6. The molecule has 0 bridgehead atoms. The number of aryl methyl sites for hydroxylation is 1. The highest BCUT2D eigenvalue weighted by Gasteiger charge is 2.29. The van der Waals surface area contributed by atoms with Crippen molar-refractivity contribution in [2.75, 3.05) is 0 Å². The summed E-state index contributed by atoms with van der Waals surface area (Å²) in [5.74, 6) is 0. The van der Waals surface area contributed by atoms with E-state index in [2.05, 4.69) is 30.8 Å². The molecule has 1 aromatic rings. The summed E-state index contributed by atoms with van der Waals surface area (Å²) in [5.41, 5.74) is 2.04. The molecule has 6 heteroatoms. The number of aromatic nitrogens is 1. The van der Waals surface area contributed by atoms with Crippen LogP contribution in [0.5, 0.6) is 0 Å². The van der Waals surface area contributed by atoms with Crippen LogP contribution in [0.25, 0.3) is 0 Å². The molecule has 0 aromatic carbocycles. The first-order chi connectivity index (χ1) is 7.65. The molecule has 0 amide bonds. The third-order valence-corrected chi connectivity index (χ3v) is 14.7. The second kappa shape index (κ2) is 5.54. The minimum atomic E-state index is -0.0250. The zero-order valence-corrected chi connectivity index (χ0v) is 13.5. The summed E-state index contributed by atoms with van der Waals surface area (Å²) in [6.45, 7) is 2.19. The van der Waals surface area contributed by atoms with Gasteiger partial charge in [-0.15, -0.1) is 17.9 Å². The van der Waals surface area contributed by atoms with Crippen LogP contribution in [0.3, 0.4) is 0 Å². The summed E-state index contributed by atoms with van der Waals surface area (Å²) in [7, 11) is 6.74. The van der Waals surface area contributed by atoms with Crippen molar-refractivity contribution in [2.24, 2.45) is 0 Å². The highest BCUT2D eigenvalue weighted by Crippen LogP contribution is 2.71. The van der Waals surface area contributed by atoms with E-state index in [1.165, 1.54) is 12.1 Å². The number of hydrogen-bond donors (Lipinski definition) is 0. The lowest BCUT2D eigenvalue weighted by Crippen LogP contribution is -2.35. The molecule has 4 unspecified atom stereocenters. The summed E-state index contributed by atoms with van der Waals surface area (Å²) in [5, 5.41) is 0. The van der Waals surface area contributed by atoms with Gasteiger partial charge in [0.2, 0.25) is 0 Å². The van der Waals surface area contributed by atoms with Crippen LogP contribution in [0.2, 0.25) is 0 Å². The van der Waals surface area contributed by atoms with Crippen molar-refractivity contribution in [2.45, 2.75) is 31.5 Å². The molecule has 0 N–H and O–H groups in total. The Hall–Kier alpha value is 0.670. The van der Waals surface area contributed by atoms with Gasteiger partial charge in [0.05, 0.1) is 0 Å². The molecule has 0 saturated heterocycles. The molecule has 0 radical (unpaired) electrons. The maximum Gasteiger partial charge on any atom is 0.250 e. The van der Waals surface area contributed by atoms with Gasteiger partial charge < -0.3 is 4.57 Å². The van der Waals surface area contributed by atoms with Gasteiger partial charge in [0.15, 0.2) is 0 Å². The lowest BCUT2D eigenvalue weighted by Gasteiger charge is -2.36. The van der Waals surface area contributed by atoms with E-state index < -0.39 is 0 Å². The monoisotopic (exact) mass is 291 g/mol. The summed E-state index contributed by atoms with van der Waals surface area (Å²) in [6, 6.07) is 6.00. The van der Waals surface area contributed by atoms with Crippen molar-refractivity contribution in [3.63, 3.8) is 0 Å². The van der Waals surface area contributed by atoms with E-state index in [0.29, 0.717) is 11.7 Å². The van der Waals surface area contributed by atoms with Gasteiger partial charge in [0.1, 0.15) is 0 Å². The van der Waals surface area contributed by atoms with Crippen LogP contribution in [0.15, 0.2) is 23.0 Å². The van der Waals surface area contributed by atoms with Crippen LogP contribution in [0.1, 0.15) is 25.1 Å². The molecule has 88 valence electrons. The third kappa shape index (κ3) is 2.42. The molecule has 1 aromatic heterocycles. The van der Waals surface area contributed by atoms with Crippen molar-refractivity contribution in [1.82, 2.24) is 4.57 Å². The minimum Gasteiger partial charge on any atom is -0.309 e. The van der Waals surface area contributed by atoms with Gasteiger partial charge in [-0.05, 0) is 25.8 Å². The van der Waals surface area contributed by atoms with Crippen molar-refractivity contribution in [1.29, 1.82) is 0 Å². The Bertz CT molecular complexity index is 433. The first-order valence-corrected chi connectivity index (χ1v) is 12.0. The molecule has 0 aliphatic carbocycles. The highest BCUT2D eigenvalue weighted by molar-refractivity contribution is 8.61. The van der Waals surface area contributed by atoms with Gasteiger partial charge in [-0.2, -0.15) is 0 Å². The van der Waals surface area contributed by atoms with Gasteiger partial charge >= 0.3 is 0 Å². The standard InChI is InChI=1S/C10H17NOP4/c1-7-9(16(14)15-13)6-5-8-3-2-4-10(12)11(7)8/h2-4,7,9,15H,5-6,13-14H2,1H3/t7-,9-,16?/m0/s1. The molecule has 1 aliphatic heterocycles. The van der Waals surface area contributed by atoms with Crippen molar-refractivity contribution in [3.8, 4) is 0 Å². The quantitative estimate of drug-likeness (QED) is 0.766. The minimum absolute atomic E-state index is 0.0250. The first kappa shape index (κ1) is 13.1. The van der Waals surface area contributed by atoms with Crippen LogP contribution < -0.4 is 5.56 Å². The normalized spacial score (nSPS) is 26.9. The zero-order chi connectivity index (χ0) is 11.7. The Balaban J connectivity index is 2.38. The van der Waals surface area contributed by atoms with Crippen LogP contribution in [-0.4, -0.2) is 10.2 Å². The van der Waals surface area contributed by atoms with Gasteiger partial charge in [0, 0.05) is 23.5 Å². The molecule has 2 nitrogen and oxygen atoms in total. The van der Waals surface area contributed by atoms with Gasteiger partial charge in [-0.1, -0.05) is 21.3 Å². The Morgan fingerprint density at radius 2 is 2.31 bits per heavy atom. The number of fused-ring (bicyclic) bond motifs is 1. The fourth-order valence-electron chi connectivity index (χ4n) is 2.39. The average Bonchev–Trinajstić information content (AvgIpc) is 2.28. The van der Waals surface area contributed by atoms with E-state index in [9.17, 15) is 4.79 Å². The predicted molar refractivity (Wildman–Crippen MR) is 82.2 cm³/mol. The lowest BCUT2D eigenvalue weighted by atomic mass is 10.0. The van der Waals surface area contributed by atoms with E-state index in [-0.39, 0.29) is 12.9 Å². The number of nitrogens with zero attached hydrogens (tertiary/aromatic N) is 1. The molecule has 0 saturated carbocycles. The fraction of sp³-hybridized carbons (Fsp3) is 0.500. The van der Waals surface area contributed by atoms with Gasteiger partial charge in [0.25, 0.3) is 5.56 Å². The van der Waals surface area contributed by atoms with Crippen molar-refractivity contribution in [3.05, 3.63) is 34.2 Å². The Morgan fingerprint density at radius 1 is 1.56 bits per heavy atom. The number of pyridine rings is 1. The number of rotatable bonds is 2. The molecular weight excluding hydrogens is 274 g/mol. The smallest absolute Gasteiger partial charge is 0.250 e. The molecule has 0 fully saturated rings. The third-order valence-electron chi connectivity index (χ3n) is 3.24. The largest absolute Gasteiger partial charge is 0.309 e. The first-order valence-electron chi connectivity index (χ1n) is 5.35. The van der Waals surface area contributed by atoms with E-state index >= 15 is 0 Å². The van der Waals surface area contributed by atoms with E-state index in [4.69, 9.17) is 0 Å². The number of hydrogen-bond acceptors (Lipinski definition) is 1. The lowest BCUT2D eigenvalue weighted by molar-refractivity contribution is 0.427. The van der Waals surface area contributed by atoms with E-state index in [1.807, 2.05) is 10.6 Å². The average molecular weight is 291 g/mol. The summed E-state index contributed by atoms with van der Waals surface area (Å²) in [6.07, 6.45) is 2.27. The fourth-order valence-corrected chi connectivity index (χ4v) is 8.11. The molecule has 2 rings (SSSR count). The molecular formula is C10H17NOP4. The summed E-state index contributed by atoms with van der Waals surface area (Å²) >= 11 is 0. The van der Waals surface area contributed by atoms with E-state index in [0.717, 1.165) is 14.4 Å². The van der Waals surface area contributed by atoms with Crippen LogP contribution in [0, 0.1) is 0 Å². The van der Waals surface area contributed by atoms with Crippen LogP contribution in [0.4, 0.5) is 0 Å². The second-order valence-electron chi connectivity index (χ2n) is 4.11. The Labute approximate surface area is 104 Å². The second-order valence-corrected chi connectivity index (χ2v) is 13.7. The van der Waals surface area contributed by atoms with Crippen molar-refractivity contribution >= 4 is 33.1 Å². The molecule has 6 atom stereocenters. The van der Waals surface area contributed by atoms with Gasteiger partial charge in [-0.25, -0.2) is 0 Å². The maximum atomic E-state index is 11.9. The Morgan fingerprint density at radius 3 is 3.00 bits per heavy atom. The maximum absolute atomic E-state index is 11.9. The Kier molecular flexibility index (Phi) is 4.54. The zero-order valence-electron chi connectivity index (χ0n) is 9.26. The molecule has 0 spiro atoms. The summed E-state index contributed by atoms with van der Waals surface area (Å²) < 4.78 is 2.00. The molecule has 1 aliphatic rings. The van der Waals surface area contributed by atoms with E-state index in [1.54, 1.807) is 6.07 Å². The molecule has 2 heterocycles. The van der Waals surface area contributed by atoms with Crippen molar-refractivity contribution < 1.29 is 0 Å². The summed E-state index contributed by atoms with van der Waals surface area (Å²) in [4.78, 5) is 11.9. The SMILES string of the molecule is C[C@H]1[C@@H](P(P)PP)CCc2cccc(=O)n21. The topological polar surface area (TPSA) is 22.0 Å².